The normalized spacial score (nSPS) is 9.76. The predicted octanol–water partition coefficient (Wildman–Crippen LogP) is 3.82. The van der Waals surface area contributed by atoms with E-state index in [2.05, 4.69) is 40.2 Å². The summed E-state index contributed by atoms with van der Waals surface area (Å²) in [7, 11) is 1.70. The number of benzene rings is 2. The van der Waals surface area contributed by atoms with Crippen molar-refractivity contribution in [3.05, 3.63) is 75.9 Å². The molecular formula is C19H14OTe. The van der Waals surface area contributed by atoms with Crippen molar-refractivity contribution in [1.82, 2.24) is 0 Å². The number of ether oxygens (including phenoxy) is 1. The van der Waals surface area contributed by atoms with Crippen LogP contribution in [0.1, 0.15) is 11.1 Å². The van der Waals surface area contributed by atoms with Gasteiger partial charge in [0.15, 0.2) is 0 Å². The zero-order chi connectivity index (χ0) is 14.5. The third kappa shape index (κ3) is 3.40. The molecule has 1 nitrogen and oxygen atoms in total. The van der Waals surface area contributed by atoms with Crippen LogP contribution in [0.5, 0.6) is 5.75 Å². The van der Waals surface area contributed by atoms with Crippen LogP contribution in [0, 0.1) is 11.8 Å². The molecule has 2 aromatic carbocycles. The van der Waals surface area contributed by atoms with Gasteiger partial charge in [0, 0.05) is 0 Å². The van der Waals surface area contributed by atoms with Gasteiger partial charge in [-0.15, -0.1) is 0 Å². The summed E-state index contributed by atoms with van der Waals surface area (Å²) in [5.74, 6) is 7.43. The van der Waals surface area contributed by atoms with E-state index < -0.39 is 0 Å². The Hall–Kier alpha value is -1.93. The SMILES string of the molecule is COc1ccc(C#Cc2ccccc2)c(-c2ccc[te]2)c1. The van der Waals surface area contributed by atoms with Gasteiger partial charge in [0.1, 0.15) is 0 Å². The number of rotatable bonds is 2. The first-order chi connectivity index (χ1) is 10.4. The van der Waals surface area contributed by atoms with E-state index >= 15 is 0 Å². The van der Waals surface area contributed by atoms with E-state index in [1.54, 1.807) is 7.11 Å². The molecule has 0 aliphatic heterocycles. The summed E-state index contributed by atoms with van der Waals surface area (Å²) in [4.78, 5) is 0. The fraction of sp³-hybridized carbons (Fsp3) is 0.0526. The summed E-state index contributed by atoms with van der Waals surface area (Å²) in [6.07, 6.45) is 0. The van der Waals surface area contributed by atoms with Gasteiger partial charge in [-0.2, -0.15) is 0 Å². The first-order valence-electron chi connectivity index (χ1n) is 6.66. The van der Waals surface area contributed by atoms with Gasteiger partial charge in [-0.25, -0.2) is 0 Å². The van der Waals surface area contributed by atoms with Gasteiger partial charge in [0.25, 0.3) is 0 Å². The van der Waals surface area contributed by atoms with E-state index in [9.17, 15) is 0 Å². The van der Waals surface area contributed by atoms with Crippen LogP contribution < -0.4 is 4.74 Å². The molecule has 0 bridgehead atoms. The molecule has 0 saturated heterocycles. The van der Waals surface area contributed by atoms with Crippen LogP contribution in [-0.2, 0) is 0 Å². The minimum atomic E-state index is -0.228. The molecule has 0 saturated carbocycles. The molecule has 0 amide bonds. The molecule has 0 atom stereocenters. The van der Waals surface area contributed by atoms with Crippen molar-refractivity contribution in [3.63, 3.8) is 0 Å². The average molecular weight is 386 g/mol. The van der Waals surface area contributed by atoms with Crippen molar-refractivity contribution < 1.29 is 4.74 Å². The Kier molecular flexibility index (Phi) is 4.46. The molecule has 1 aromatic heterocycles. The van der Waals surface area contributed by atoms with E-state index in [4.69, 9.17) is 4.74 Å². The molecule has 2 heteroatoms. The third-order valence-electron chi connectivity index (χ3n) is 3.13. The van der Waals surface area contributed by atoms with E-state index in [1.807, 2.05) is 36.4 Å². The Morgan fingerprint density at radius 1 is 0.905 bits per heavy atom. The van der Waals surface area contributed by atoms with Crippen molar-refractivity contribution >= 4 is 20.4 Å². The third-order valence-corrected chi connectivity index (χ3v) is 5.71. The molecule has 0 radical (unpaired) electrons. The molecule has 0 N–H and O–H groups in total. The number of methoxy groups -OCH3 is 1. The van der Waals surface area contributed by atoms with Crippen LogP contribution in [0.3, 0.4) is 0 Å². The summed E-state index contributed by atoms with van der Waals surface area (Å²) in [5.41, 5.74) is 3.32. The molecule has 0 fully saturated rings. The topological polar surface area (TPSA) is 9.23 Å². The predicted molar refractivity (Wildman–Crippen MR) is 87.8 cm³/mol. The van der Waals surface area contributed by atoms with Crippen molar-refractivity contribution in [2.45, 2.75) is 0 Å². The Morgan fingerprint density at radius 2 is 1.76 bits per heavy atom. The monoisotopic (exact) mass is 388 g/mol. The molecule has 0 aliphatic rings. The first-order valence-corrected chi connectivity index (χ1v) is 9.17. The molecule has 0 unspecified atom stereocenters. The molecule has 3 rings (SSSR count). The summed E-state index contributed by atoms with van der Waals surface area (Å²) in [6.45, 7) is 0. The van der Waals surface area contributed by atoms with Gasteiger partial charge in [0.2, 0.25) is 0 Å². The minimum absolute atomic E-state index is 0.228. The Morgan fingerprint density at radius 3 is 2.48 bits per heavy atom. The molecule has 1 heterocycles. The van der Waals surface area contributed by atoms with Gasteiger partial charge in [-0.05, 0) is 0 Å². The quantitative estimate of drug-likeness (QED) is 0.481. The summed E-state index contributed by atoms with van der Waals surface area (Å²) in [6, 6.07) is 20.5. The zero-order valence-corrected chi connectivity index (χ0v) is 14.0. The molecule has 3 aromatic rings. The van der Waals surface area contributed by atoms with Crippen LogP contribution in [0.25, 0.3) is 9.14 Å². The molecular weight excluding hydrogens is 372 g/mol. The van der Waals surface area contributed by atoms with Gasteiger partial charge in [-0.3, -0.25) is 0 Å². The maximum atomic E-state index is 5.35. The second-order valence-electron chi connectivity index (χ2n) is 4.50. The Labute approximate surface area is 134 Å². The molecule has 102 valence electrons. The van der Waals surface area contributed by atoms with E-state index in [1.165, 1.54) is 9.14 Å². The average Bonchev–Trinajstić information content (AvgIpc) is 3.08. The van der Waals surface area contributed by atoms with Gasteiger partial charge >= 0.3 is 135 Å². The van der Waals surface area contributed by atoms with Crippen LogP contribution in [0.15, 0.2) is 64.7 Å². The van der Waals surface area contributed by atoms with Gasteiger partial charge in [-0.1, -0.05) is 0 Å². The number of hydrogen-bond acceptors (Lipinski definition) is 1. The summed E-state index contributed by atoms with van der Waals surface area (Å²) >= 11 is -0.228. The van der Waals surface area contributed by atoms with Crippen LogP contribution in [0.4, 0.5) is 0 Å². The second kappa shape index (κ2) is 6.68. The van der Waals surface area contributed by atoms with E-state index in [0.717, 1.165) is 16.9 Å². The van der Waals surface area contributed by atoms with Crippen LogP contribution >= 0.6 is 0 Å². The fourth-order valence-corrected chi connectivity index (χ4v) is 4.22. The standard InChI is InChI=1S/C19H14OTe/c1-20-17-12-11-16(10-9-15-6-3-2-4-7-15)18(14-17)19-8-5-13-21-19/h2-8,11-14H,1H3. The Bertz CT molecular complexity index is 777. The summed E-state index contributed by atoms with van der Waals surface area (Å²) < 4.78 is 9.05. The van der Waals surface area contributed by atoms with Crippen molar-refractivity contribution in [3.8, 4) is 26.7 Å². The van der Waals surface area contributed by atoms with Gasteiger partial charge < -0.3 is 0 Å². The van der Waals surface area contributed by atoms with E-state index in [-0.39, 0.29) is 20.4 Å². The molecule has 0 spiro atoms. The fourth-order valence-electron chi connectivity index (χ4n) is 2.06. The van der Waals surface area contributed by atoms with Crippen molar-refractivity contribution in [2.75, 3.05) is 7.11 Å². The molecule has 21 heavy (non-hydrogen) atoms. The van der Waals surface area contributed by atoms with Crippen LogP contribution in [0.2, 0.25) is 0 Å². The molecule has 0 aliphatic carbocycles. The van der Waals surface area contributed by atoms with Crippen LogP contribution in [-0.4, -0.2) is 27.5 Å². The second-order valence-corrected chi connectivity index (χ2v) is 7.21. The number of hydrogen-bond donors (Lipinski definition) is 0. The zero-order valence-electron chi connectivity index (χ0n) is 11.7. The first kappa shape index (κ1) is 14.0. The summed E-state index contributed by atoms with van der Waals surface area (Å²) in [5, 5.41) is 0. The van der Waals surface area contributed by atoms with Gasteiger partial charge in [0.05, 0.1) is 0 Å². The van der Waals surface area contributed by atoms with E-state index in [0.29, 0.717) is 0 Å². The van der Waals surface area contributed by atoms with Crippen molar-refractivity contribution in [1.29, 1.82) is 0 Å². The van der Waals surface area contributed by atoms with Crippen molar-refractivity contribution in [2.24, 2.45) is 0 Å². The maximum absolute atomic E-state index is 5.35. The Balaban J connectivity index is 2.05.